The van der Waals surface area contributed by atoms with Crippen molar-refractivity contribution in [3.8, 4) is 11.1 Å². The van der Waals surface area contributed by atoms with E-state index in [1.54, 1.807) is 6.92 Å². The molecular weight excluding hydrogens is 408 g/mol. The highest BCUT2D eigenvalue weighted by Gasteiger charge is 2.32. The Hall–Kier alpha value is -3.35. The maximum Gasteiger partial charge on any atom is 0.407 e. The second-order valence-corrected chi connectivity index (χ2v) is 8.74. The van der Waals surface area contributed by atoms with Crippen molar-refractivity contribution in [2.24, 2.45) is 11.8 Å². The molecule has 3 N–H and O–H groups in total. The Morgan fingerprint density at radius 1 is 1.00 bits per heavy atom. The molecule has 0 bridgehead atoms. The molecule has 168 valence electrons. The second kappa shape index (κ2) is 9.42. The van der Waals surface area contributed by atoms with Crippen LogP contribution in [0.3, 0.4) is 0 Å². The van der Waals surface area contributed by atoms with Crippen LogP contribution in [0.1, 0.15) is 43.2 Å². The average molecular weight is 437 g/mol. The van der Waals surface area contributed by atoms with E-state index in [2.05, 4.69) is 34.9 Å². The molecule has 2 aliphatic carbocycles. The number of benzene rings is 2. The van der Waals surface area contributed by atoms with E-state index in [4.69, 9.17) is 9.84 Å². The number of rotatable bonds is 8. The van der Waals surface area contributed by atoms with E-state index in [-0.39, 0.29) is 30.8 Å². The molecule has 2 amide bonds. The average Bonchev–Trinajstić information content (AvgIpc) is 3.07. The number of hydrogen-bond donors (Lipinski definition) is 3. The highest BCUT2D eigenvalue weighted by atomic mass is 16.5. The predicted molar refractivity (Wildman–Crippen MR) is 119 cm³/mol. The first-order valence-electron chi connectivity index (χ1n) is 11.0. The first-order valence-corrected chi connectivity index (χ1v) is 11.0. The standard InChI is InChI=1S/C25H28N2O5/c1-15(24(30)26-13-17-10-16(11-17)12-23(28)29)27-25(31)32-14-22-20-8-4-2-6-18(20)19-7-3-5-9-21(19)22/h2-9,15-17,22H,10-14H2,1H3,(H,26,30)(H,27,31)(H,28,29)/t15-,16?,17?/m0/s1. The minimum atomic E-state index is -0.779. The third kappa shape index (κ3) is 4.77. The van der Waals surface area contributed by atoms with E-state index in [0.717, 1.165) is 35.1 Å². The molecule has 1 fully saturated rings. The van der Waals surface area contributed by atoms with E-state index in [1.165, 1.54) is 0 Å². The summed E-state index contributed by atoms with van der Waals surface area (Å²) in [7, 11) is 0. The molecule has 7 nitrogen and oxygen atoms in total. The third-order valence-corrected chi connectivity index (χ3v) is 6.43. The van der Waals surface area contributed by atoms with Crippen LogP contribution in [-0.2, 0) is 14.3 Å². The Balaban J connectivity index is 1.23. The number of carbonyl (C=O) groups is 3. The number of nitrogens with one attached hydrogen (secondary N) is 2. The molecule has 32 heavy (non-hydrogen) atoms. The van der Waals surface area contributed by atoms with E-state index in [1.807, 2.05) is 24.3 Å². The summed E-state index contributed by atoms with van der Waals surface area (Å²) in [6, 6.07) is 15.5. The SMILES string of the molecule is C[C@H](NC(=O)OCC1c2ccccc2-c2ccccc21)C(=O)NCC1CC(CC(=O)O)C1. The van der Waals surface area contributed by atoms with Crippen LogP contribution in [0.15, 0.2) is 48.5 Å². The molecule has 7 heteroatoms. The molecular formula is C25H28N2O5. The Morgan fingerprint density at radius 2 is 1.59 bits per heavy atom. The fourth-order valence-electron chi connectivity index (χ4n) is 4.73. The van der Waals surface area contributed by atoms with Crippen molar-refractivity contribution in [3.05, 3.63) is 59.7 Å². The fraction of sp³-hybridized carbons (Fsp3) is 0.400. The lowest BCUT2D eigenvalue weighted by Crippen LogP contribution is -2.47. The van der Waals surface area contributed by atoms with Gasteiger partial charge in [-0.3, -0.25) is 9.59 Å². The lowest BCUT2D eigenvalue weighted by molar-refractivity contribution is -0.139. The zero-order valence-corrected chi connectivity index (χ0v) is 18.0. The van der Waals surface area contributed by atoms with Crippen LogP contribution in [0, 0.1) is 11.8 Å². The van der Waals surface area contributed by atoms with Crippen molar-refractivity contribution < 1.29 is 24.2 Å². The number of carboxylic acid groups (broad SMARTS) is 1. The summed E-state index contributed by atoms with van der Waals surface area (Å²) in [4.78, 5) is 35.3. The maximum absolute atomic E-state index is 12.3. The molecule has 0 radical (unpaired) electrons. The van der Waals surface area contributed by atoms with E-state index < -0.39 is 18.1 Å². The van der Waals surface area contributed by atoms with Gasteiger partial charge in [-0.2, -0.15) is 0 Å². The molecule has 2 aliphatic rings. The van der Waals surface area contributed by atoms with Crippen molar-refractivity contribution in [3.63, 3.8) is 0 Å². The van der Waals surface area contributed by atoms with Crippen molar-refractivity contribution in [2.75, 3.05) is 13.2 Å². The van der Waals surface area contributed by atoms with Gasteiger partial charge in [-0.25, -0.2) is 4.79 Å². The van der Waals surface area contributed by atoms with Crippen LogP contribution < -0.4 is 10.6 Å². The van der Waals surface area contributed by atoms with E-state index in [0.29, 0.717) is 12.5 Å². The summed E-state index contributed by atoms with van der Waals surface area (Å²) in [6.07, 6.45) is 1.17. The van der Waals surface area contributed by atoms with Crippen LogP contribution in [0.2, 0.25) is 0 Å². The Morgan fingerprint density at radius 3 is 2.19 bits per heavy atom. The molecule has 4 rings (SSSR count). The summed E-state index contributed by atoms with van der Waals surface area (Å²) >= 11 is 0. The highest BCUT2D eigenvalue weighted by Crippen LogP contribution is 2.44. The van der Waals surface area contributed by atoms with Crippen molar-refractivity contribution in [1.29, 1.82) is 0 Å². The fourth-order valence-corrected chi connectivity index (χ4v) is 4.73. The molecule has 1 saturated carbocycles. The zero-order chi connectivity index (χ0) is 22.7. The molecule has 0 aliphatic heterocycles. The number of ether oxygens (including phenoxy) is 1. The van der Waals surface area contributed by atoms with Crippen LogP contribution in [0.25, 0.3) is 11.1 Å². The number of amides is 2. The molecule has 0 spiro atoms. The van der Waals surface area contributed by atoms with Gasteiger partial charge in [-0.15, -0.1) is 0 Å². The van der Waals surface area contributed by atoms with Gasteiger partial charge < -0.3 is 20.5 Å². The Kier molecular flexibility index (Phi) is 6.44. The van der Waals surface area contributed by atoms with Gasteiger partial charge in [0.2, 0.25) is 5.91 Å². The van der Waals surface area contributed by atoms with Gasteiger partial charge in [0.25, 0.3) is 0 Å². The summed E-state index contributed by atoms with van der Waals surface area (Å²) in [5, 5.41) is 14.2. The van der Waals surface area contributed by atoms with E-state index in [9.17, 15) is 14.4 Å². The topological polar surface area (TPSA) is 105 Å². The van der Waals surface area contributed by atoms with Gasteiger partial charge in [0, 0.05) is 18.9 Å². The van der Waals surface area contributed by atoms with Crippen molar-refractivity contribution in [2.45, 2.75) is 38.1 Å². The van der Waals surface area contributed by atoms with Crippen molar-refractivity contribution in [1.82, 2.24) is 10.6 Å². The van der Waals surface area contributed by atoms with Gasteiger partial charge in [0.05, 0.1) is 0 Å². The van der Waals surface area contributed by atoms with Crippen LogP contribution in [0.4, 0.5) is 4.79 Å². The quantitative estimate of drug-likeness (QED) is 0.587. The van der Waals surface area contributed by atoms with E-state index >= 15 is 0 Å². The van der Waals surface area contributed by atoms with Gasteiger partial charge >= 0.3 is 12.1 Å². The van der Waals surface area contributed by atoms with Crippen LogP contribution in [0.5, 0.6) is 0 Å². The number of aliphatic carboxylic acids is 1. The van der Waals surface area contributed by atoms with Crippen LogP contribution in [-0.4, -0.2) is 42.3 Å². The number of fused-ring (bicyclic) bond motifs is 3. The predicted octanol–water partition coefficient (Wildman–Crippen LogP) is 3.53. The van der Waals surface area contributed by atoms with Gasteiger partial charge in [-0.05, 0) is 53.9 Å². The number of carbonyl (C=O) groups excluding carboxylic acids is 2. The first-order chi connectivity index (χ1) is 15.4. The molecule has 2 aromatic carbocycles. The second-order valence-electron chi connectivity index (χ2n) is 8.74. The maximum atomic E-state index is 12.3. The molecule has 0 aromatic heterocycles. The summed E-state index contributed by atoms with van der Waals surface area (Å²) in [6.45, 7) is 2.30. The third-order valence-electron chi connectivity index (χ3n) is 6.43. The van der Waals surface area contributed by atoms with Crippen LogP contribution >= 0.6 is 0 Å². The molecule has 0 saturated heterocycles. The largest absolute Gasteiger partial charge is 0.481 e. The van der Waals surface area contributed by atoms with Gasteiger partial charge in [-0.1, -0.05) is 48.5 Å². The van der Waals surface area contributed by atoms with Gasteiger partial charge in [0.15, 0.2) is 0 Å². The minimum absolute atomic E-state index is 0.0327. The lowest BCUT2D eigenvalue weighted by atomic mass is 9.73. The molecule has 2 aromatic rings. The number of hydrogen-bond acceptors (Lipinski definition) is 4. The normalized spacial score (nSPS) is 19.8. The first kappa shape index (κ1) is 21.9. The van der Waals surface area contributed by atoms with Crippen molar-refractivity contribution >= 4 is 18.0 Å². The Labute approximate surface area is 187 Å². The Bertz CT molecular complexity index is 969. The van der Waals surface area contributed by atoms with Gasteiger partial charge in [0.1, 0.15) is 12.6 Å². The smallest absolute Gasteiger partial charge is 0.407 e. The summed E-state index contributed by atoms with van der Waals surface area (Å²) in [5.74, 6) is -0.594. The number of carboxylic acids is 1. The number of alkyl carbamates (subject to hydrolysis) is 1. The zero-order valence-electron chi connectivity index (χ0n) is 18.0. The molecule has 1 atom stereocenters. The molecule has 0 heterocycles. The monoisotopic (exact) mass is 436 g/mol. The molecule has 0 unspecified atom stereocenters. The minimum Gasteiger partial charge on any atom is -0.481 e. The highest BCUT2D eigenvalue weighted by molar-refractivity contribution is 5.85. The summed E-state index contributed by atoms with van der Waals surface area (Å²) in [5.41, 5.74) is 4.58. The summed E-state index contributed by atoms with van der Waals surface area (Å²) < 4.78 is 5.48. The lowest BCUT2D eigenvalue weighted by Gasteiger charge is -2.34.